The van der Waals surface area contributed by atoms with E-state index in [1.807, 2.05) is 12.1 Å². The van der Waals surface area contributed by atoms with E-state index in [1.165, 1.54) is 0 Å². The fourth-order valence-electron chi connectivity index (χ4n) is 2.44. The molecule has 2 rings (SSSR count). The van der Waals surface area contributed by atoms with E-state index in [-0.39, 0.29) is 0 Å². The maximum absolute atomic E-state index is 6.27. The van der Waals surface area contributed by atoms with Gasteiger partial charge >= 0.3 is 0 Å². The third-order valence-electron chi connectivity index (χ3n) is 3.63. The van der Waals surface area contributed by atoms with Crippen LogP contribution >= 0.6 is 23.2 Å². The number of halogens is 2. The fourth-order valence-corrected chi connectivity index (χ4v) is 3.08. The van der Waals surface area contributed by atoms with Crippen molar-refractivity contribution in [3.63, 3.8) is 0 Å². The van der Waals surface area contributed by atoms with Gasteiger partial charge in [0.05, 0.1) is 16.7 Å². The zero-order valence-corrected chi connectivity index (χ0v) is 13.8. The number of piperidine rings is 1. The first-order valence-corrected chi connectivity index (χ1v) is 7.93. The van der Waals surface area contributed by atoms with Gasteiger partial charge in [0.25, 0.3) is 0 Å². The second kappa shape index (κ2) is 8.20. The summed E-state index contributed by atoms with van der Waals surface area (Å²) in [4.78, 5) is 2.37. The van der Waals surface area contributed by atoms with Crippen LogP contribution in [0.1, 0.15) is 18.4 Å². The number of nitrogens with two attached hydrogens (primary N) is 1. The molecule has 0 bridgehead atoms. The van der Waals surface area contributed by atoms with Gasteiger partial charge in [0.15, 0.2) is 5.75 Å². The predicted molar refractivity (Wildman–Crippen MR) is 86.3 cm³/mol. The number of likely N-dealkylation sites (tertiary alicyclic amines) is 1. The van der Waals surface area contributed by atoms with Crippen molar-refractivity contribution in [2.45, 2.75) is 25.4 Å². The molecular formula is C15H22Cl2N2O2. The Kier molecular flexibility index (Phi) is 6.58. The Balaban J connectivity index is 1.98. The molecule has 1 aliphatic rings. The van der Waals surface area contributed by atoms with E-state index in [1.54, 1.807) is 7.11 Å². The van der Waals surface area contributed by atoms with Crippen LogP contribution in [-0.2, 0) is 11.3 Å². The average Bonchev–Trinajstić information content (AvgIpc) is 2.44. The van der Waals surface area contributed by atoms with Crippen LogP contribution in [0, 0.1) is 0 Å². The lowest BCUT2D eigenvalue weighted by Crippen LogP contribution is -2.39. The first kappa shape index (κ1) is 16.8. The number of rotatable bonds is 6. The van der Waals surface area contributed by atoms with Gasteiger partial charge < -0.3 is 15.2 Å². The van der Waals surface area contributed by atoms with Gasteiger partial charge in [-0.1, -0.05) is 23.2 Å². The summed E-state index contributed by atoms with van der Waals surface area (Å²) in [6.07, 6.45) is 2.08. The Morgan fingerprint density at radius 3 is 2.38 bits per heavy atom. The van der Waals surface area contributed by atoms with Crippen molar-refractivity contribution in [3.05, 3.63) is 27.7 Å². The summed E-state index contributed by atoms with van der Waals surface area (Å²) in [5.41, 5.74) is 7.02. The summed E-state index contributed by atoms with van der Waals surface area (Å²) in [5.74, 6) is 0.528. The smallest absolute Gasteiger partial charge is 0.156 e. The minimum atomic E-state index is 0.338. The first-order valence-electron chi connectivity index (χ1n) is 7.17. The molecule has 0 atom stereocenters. The Hall–Kier alpha value is -0.520. The third-order valence-corrected chi connectivity index (χ3v) is 4.19. The number of hydrogen-bond donors (Lipinski definition) is 1. The zero-order chi connectivity index (χ0) is 15.2. The van der Waals surface area contributed by atoms with Gasteiger partial charge in [0, 0.05) is 19.7 Å². The van der Waals surface area contributed by atoms with Crippen molar-refractivity contribution < 1.29 is 9.47 Å². The summed E-state index contributed by atoms with van der Waals surface area (Å²) in [6.45, 7) is 3.80. The molecule has 0 spiro atoms. The Labute approximate surface area is 136 Å². The molecule has 0 aromatic heterocycles. The van der Waals surface area contributed by atoms with E-state index in [9.17, 15) is 0 Å². The number of benzene rings is 1. The third kappa shape index (κ3) is 5.01. The molecule has 1 fully saturated rings. The van der Waals surface area contributed by atoms with Gasteiger partial charge in [-0.15, -0.1) is 0 Å². The van der Waals surface area contributed by atoms with Gasteiger partial charge in [-0.25, -0.2) is 0 Å². The number of hydrogen-bond acceptors (Lipinski definition) is 4. The Morgan fingerprint density at radius 2 is 1.81 bits per heavy atom. The van der Waals surface area contributed by atoms with Crippen LogP contribution < -0.4 is 10.5 Å². The van der Waals surface area contributed by atoms with E-state index in [0.29, 0.717) is 35.1 Å². The SMILES string of the molecule is COCCOc1c(Cl)cc(CN2CCC(N)CC2)cc1Cl. The monoisotopic (exact) mass is 332 g/mol. The molecule has 118 valence electrons. The standard InChI is InChI=1S/C15H22Cl2N2O2/c1-20-6-7-21-15-13(16)8-11(9-14(15)17)10-19-4-2-12(18)3-5-19/h8-9,12H,2-7,10,18H2,1H3. The van der Waals surface area contributed by atoms with Gasteiger partial charge in [-0.3, -0.25) is 4.90 Å². The lowest BCUT2D eigenvalue weighted by atomic mass is 10.1. The second-order valence-corrected chi connectivity index (χ2v) is 6.16. The van der Waals surface area contributed by atoms with Crippen molar-refractivity contribution in [3.8, 4) is 5.75 Å². The van der Waals surface area contributed by atoms with Gasteiger partial charge in [0.1, 0.15) is 6.61 Å². The summed E-state index contributed by atoms with van der Waals surface area (Å²) in [7, 11) is 1.63. The van der Waals surface area contributed by atoms with Crippen LogP contribution in [0.2, 0.25) is 10.0 Å². The normalized spacial score (nSPS) is 17.1. The first-order chi connectivity index (χ1) is 10.1. The molecule has 1 heterocycles. The summed E-state index contributed by atoms with van der Waals surface area (Å²) in [5, 5.41) is 1.09. The molecule has 1 aromatic rings. The van der Waals surface area contributed by atoms with Crippen LogP contribution in [0.5, 0.6) is 5.75 Å². The fraction of sp³-hybridized carbons (Fsp3) is 0.600. The van der Waals surface area contributed by atoms with Gasteiger partial charge in [-0.05, 0) is 43.6 Å². The minimum absolute atomic E-state index is 0.338. The van der Waals surface area contributed by atoms with Crippen LogP contribution in [0.3, 0.4) is 0 Å². The van der Waals surface area contributed by atoms with Crippen LogP contribution in [0.15, 0.2) is 12.1 Å². The molecule has 0 saturated carbocycles. The van der Waals surface area contributed by atoms with Crippen molar-refractivity contribution >= 4 is 23.2 Å². The highest BCUT2D eigenvalue weighted by molar-refractivity contribution is 6.37. The predicted octanol–water partition coefficient (Wildman–Crippen LogP) is 2.94. The lowest BCUT2D eigenvalue weighted by Gasteiger charge is -2.30. The molecule has 0 unspecified atom stereocenters. The molecule has 1 aromatic carbocycles. The number of methoxy groups -OCH3 is 1. The van der Waals surface area contributed by atoms with Crippen molar-refractivity contribution in [1.82, 2.24) is 4.90 Å². The highest BCUT2D eigenvalue weighted by Gasteiger charge is 2.17. The van der Waals surface area contributed by atoms with E-state index in [0.717, 1.165) is 38.0 Å². The highest BCUT2D eigenvalue weighted by atomic mass is 35.5. The summed E-state index contributed by atoms with van der Waals surface area (Å²) >= 11 is 12.5. The Bertz CT molecular complexity index is 440. The molecule has 6 heteroatoms. The zero-order valence-electron chi connectivity index (χ0n) is 12.3. The van der Waals surface area contributed by atoms with E-state index in [4.69, 9.17) is 38.4 Å². The van der Waals surface area contributed by atoms with Crippen LogP contribution in [0.25, 0.3) is 0 Å². The number of ether oxygens (including phenoxy) is 2. The summed E-state index contributed by atoms with van der Waals surface area (Å²) in [6, 6.07) is 4.18. The lowest BCUT2D eigenvalue weighted by molar-refractivity contribution is 0.146. The molecule has 1 aliphatic heterocycles. The molecule has 0 aliphatic carbocycles. The minimum Gasteiger partial charge on any atom is -0.488 e. The molecule has 0 radical (unpaired) electrons. The Morgan fingerprint density at radius 1 is 1.19 bits per heavy atom. The summed E-state index contributed by atoms with van der Waals surface area (Å²) < 4.78 is 10.5. The van der Waals surface area contributed by atoms with E-state index < -0.39 is 0 Å². The second-order valence-electron chi connectivity index (χ2n) is 5.34. The van der Waals surface area contributed by atoms with Gasteiger partial charge in [0.2, 0.25) is 0 Å². The largest absolute Gasteiger partial charge is 0.488 e. The molecule has 0 amide bonds. The van der Waals surface area contributed by atoms with Crippen molar-refractivity contribution in [1.29, 1.82) is 0 Å². The molecule has 21 heavy (non-hydrogen) atoms. The van der Waals surface area contributed by atoms with Crippen molar-refractivity contribution in [2.75, 3.05) is 33.4 Å². The molecule has 2 N–H and O–H groups in total. The average molecular weight is 333 g/mol. The number of nitrogens with zero attached hydrogens (tertiary/aromatic N) is 1. The molecular weight excluding hydrogens is 311 g/mol. The van der Waals surface area contributed by atoms with Crippen LogP contribution in [0.4, 0.5) is 0 Å². The maximum Gasteiger partial charge on any atom is 0.156 e. The highest BCUT2D eigenvalue weighted by Crippen LogP contribution is 2.34. The maximum atomic E-state index is 6.27. The van der Waals surface area contributed by atoms with E-state index in [2.05, 4.69) is 4.90 Å². The molecule has 1 saturated heterocycles. The van der Waals surface area contributed by atoms with Crippen molar-refractivity contribution in [2.24, 2.45) is 5.73 Å². The topological polar surface area (TPSA) is 47.7 Å². The van der Waals surface area contributed by atoms with E-state index >= 15 is 0 Å². The van der Waals surface area contributed by atoms with Crippen LogP contribution in [-0.4, -0.2) is 44.4 Å². The quantitative estimate of drug-likeness (QED) is 0.813. The van der Waals surface area contributed by atoms with Gasteiger partial charge in [-0.2, -0.15) is 0 Å². The molecule has 4 nitrogen and oxygen atoms in total.